The van der Waals surface area contributed by atoms with Crippen molar-refractivity contribution >= 4 is 11.7 Å². The van der Waals surface area contributed by atoms with E-state index in [0.717, 1.165) is 5.69 Å². The van der Waals surface area contributed by atoms with E-state index in [-0.39, 0.29) is 24.2 Å². The van der Waals surface area contributed by atoms with Gasteiger partial charge in [0.15, 0.2) is 5.82 Å². The number of aromatic amines is 1. The Bertz CT molecular complexity index is 1080. The summed E-state index contributed by atoms with van der Waals surface area (Å²) in [5, 5.41) is 13.4. The standard InChI is InChI=1S/C18H15FN6O2/c1-11-9-15(23-22-11)20-16(26)10-25-8-2-3-14(25)18-21-17(24-27-18)12-4-6-13(19)7-5-12/h2-9H,10H2,1H3,(H2,20,22,23,26). The Labute approximate surface area is 153 Å². The van der Waals surface area contributed by atoms with Gasteiger partial charge in [0.1, 0.15) is 18.1 Å². The largest absolute Gasteiger partial charge is 0.334 e. The van der Waals surface area contributed by atoms with Crippen molar-refractivity contribution in [2.75, 3.05) is 5.32 Å². The molecule has 0 atom stereocenters. The topological polar surface area (TPSA) is 102 Å². The van der Waals surface area contributed by atoms with Gasteiger partial charge in [-0.05, 0) is 43.3 Å². The summed E-state index contributed by atoms with van der Waals surface area (Å²) in [6.07, 6.45) is 1.74. The van der Waals surface area contributed by atoms with Crippen molar-refractivity contribution in [3.05, 3.63) is 60.2 Å². The number of rotatable bonds is 5. The lowest BCUT2D eigenvalue weighted by molar-refractivity contribution is -0.116. The molecule has 0 aliphatic carbocycles. The summed E-state index contributed by atoms with van der Waals surface area (Å²) in [6.45, 7) is 1.91. The number of anilines is 1. The van der Waals surface area contributed by atoms with Gasteiger partial charge in [-0.25, -0.2) is 4.39 Å². The minimum atomic E-state index is -0.338. The van der Waals surface area contributed by atoms with Crippen LogP contribution in [0.15, 0.2) is 53.2 Å². The predicted molar refractivity (Wildman–Crippen MR) is 95.1 cm³/mol. The highest BCUT2D eigenvalue weighted by atomic mass is 19.1. The molecule has 0 spiro atoms. The molecule has 1 amide bonds. The maximum Gasteiger partial charge on any atom is 0.274 e. The Balaban J connectivity index is 1.52. The second-order valence-electron chi connectivity index (χ2n) is 5.94. The number of carbonyl (C=O) groups is 1. The van der Waals surface area contributed by atoms with Gasteiger partial charge in [-0.2, -0.15) is 10.1 Å². The van der Waals surface area contributed by atoms with Crippen molar-refractivity contribution in [3.8, 4) is 23.0 Å². The molecule has 3 heterocycles. The van der Waals surface area contributed by atoms with Gasteiger partial charge in [-0.15, -0.1) is 0 Å². The summed E-state index contributed by atoms with van der Waals surface area (Å²) < 4.78 is 20.1. The van der Waals surface area contributed by atoms with Crippen molar-refractivity contribution in [1.82, 2.24) is 24.9 Å². The van der Waals surface area contributed by atoms with Crippen LogP contribution in [-0.4, -0.2) is 30.8 Å². The molecule has 0 bridgehead atoms. The van der Waals surface area contributed by atoms with Gasteiger partial charge in [0.2, 0.25) is 11.7 Å². The Kier molecular flexibility index (Phi) is 4.25. The quantitative estimate of drug-likeness (QED) is 0.565. The van der Waals surface area contributed by atoms with E-state index in [1.807, 2.05) is 6.92 Å². The molecule has 136 valence electrons. The van der Waals surface area contributed by atoms with Crippen LogP contribution in [0.4, 0.5) is 10.2 Å². The Hall–Kier alpha value is -3.75. The summed E-state index contributed by atoms with van der Waals surface area (Å²) in [7, 11) is 0. The minimum Gasteiger partial charge on any atom is -0.334 e. The summed E-state index contributed by atoms with van der Waals surface area (Å²) in [6, 6.07) is 11.1. The Morgan fingerprint density at radius 3 is 2.85 bits per heavy atom. The second kappa shape index (κ2) is 6.87. The van der Waals surface area contributed by atoms with Crippen LogP contribution in [0.5, 0.6) is 0 Å². The number of hydrogen-bond acceptors (Lipinski definition) is 5. The first-order valence-electron chi connectivity index (χ1n) is 8.15. The first-order chi connectivity index (χ1) is 13.1. The van der Waals surface area contributed by atoms with Gasteiger partial charge in [-0.1, -0.05) is 5.16 Å². The fraction of sp³-hybridized carbons (Fsp3) is 0.111. The number of aryl methyl sites for hydroxylation is 1. The van der Waals surface area contributed by atoms with Crippen LogP contribution in [0.1, 0.15) is 5.69 Å². The van der Waals surface area contributed by atoms with Gasteiger partial charge in [0.25, 0.3) is 5.89 Å². The fourth-order valence-corrected chi connectivity index (χ4v) is 2.61. The summed E-state index contributed by atoms with van der Waals surface area (Å²) >= 11 is 0. The summed E-state index contributed by atoms with van der Waals surface area (Å²) in [5.74, 6) is 0.492. The van der Waals surface area contributed by atoms with Crippen molar-refractivity contribution in [1.29, 1.82) is 0 Å². The zero-order chi connectivity index (χ0) is 18.8. The third-order valence-electron chi connectivity index (χ3n) is 3.86. The zero-order valence-corrected chi connectivity index (χ0v) is 14.3. The molecule has 1 aromatic carbocycles. The lowest BCUT2D eigenvalue weighted by Gasteiger charge is -2.06. The molecule has 0 saturated heterocycles. The molecule has 9 heteroatoms. The second-order valence-corrected chi connectivity index (χ2v) is 5.94. The number of aromatic nitrogens is 5. The lowest BCUT2D eigenvalue weighted by Crippen LogP contribution is -2.19. The van der Waals surface area contributed by atoms with Crippen LogP contribution in [0, 0.1) is 12.7 Å². The van der Waals surface area contributed by atoms with Crippen LogP contribution in [0.3, 0.4) is 0 Å². The van der Waals surface area contributed by atoms with Gasteiger partial charge in [0.05, 0.1) is 0 Å². The molecule has 8 nitrogen and oxygen atoms in total. The number of halogens is 1. The molecule has 4 rings (SSSR count). The van der Waals surface area contributed by atoms with Crippen LogP contribution in [0.25, 0.3) is 23.0 Å². The number of carbonyl (C=O) groups excluding carboxylic acids is 1. The highest BCUT2D eigenvalue weighted by molar-refractivity contribution is 5.89. The number of H-pyrrole nitrogens is 1. The van der Waals surface area contributed by atoms with E-state index >= 15 is 0 Å². The highest BCUT2D eigenvalue weighted by Gasteiger charge is 2.16. The molecule has 0 aliphatic heterocycles. The molecule has 2 N–H and O–H groups in total. The molecule has 27 heavy (non-hydrogen) atoms. The van der Waals surface area contributed by atoms with E-state index in [0.29, 0.717) is 22.9 Å². The molecule has 0 unspecified atom stereocenters. The van der Waals surface area contributed by atoms with E-state index in [1.165, 1.54) is 12.1 Å². The number of amides is 1. The van der Waals surface area contributed by atoms with Crippen molar-refractivity contribution in [2.45, 2.75) is 13.5 Å². The van der Waals surface area contributed by atoms with Crippen LogP contribution >= 0.6 is 0 Å². The Morgan fingerprint density at radius 2 is 2.11 bits per heavy atom. The van der Waals surface area contributed by atoms with Gasteiger partial charge < -0.3 is 14.4 Å². The molecule has 0 saturated carbocycles. The smallest absolute Gasteiger partial charge is 0.274 e. The highest BCUT2D eigenvalue weighted by Crippen LogP contribution is 2.23. The molecular weight excluding hydrogens is 351 g/mol. The van der Waals surface area contributed by atoms with Crippen molar-refractivity contribution in [3.63, 3.8) is 0 Å². The normalized spacial score (nSPS) is 10.9. The van der Waals surface area contributed by atoms with Crippen LogP contribution in [0.2, 0.25) is 0 Å². The molecule has 4 aromatic rings. The zero-order valence-electron chi connectivity index (χ0n) is 14.3. The lowest BCUT2D eigenvalue weighted by atomic mass is 10.2. The number of hydrogen-bond donors (Lipinski definition) is 2. The Morgan fingerprint density at radius 1 is 1.30 bits per heavy atom. The van der Waals surface area contributed by atoms with Gasteiger partial charge >= 0.3 is 0 Å². The van der Waals surface area contributed by atoms with E-state index < -0.39 is 0 Å². The number of benzene rings is 1. The molecule has 0 fully saturated rings. The van der Waals surface area contributed by atoms with E-state index in [4.69, 9.17) is 4.52 Å². The fourth-order valence-electron chi connectivity index (χ4n) is 2.61. The van der Waals surface area contributed by atoms with E-state index in [9.17, 15) is 9.18 Å². The predicted octanol–water partition coefficient (Wildman–Crippen LogP) is 3.01. The first kappa shape index (κ1) is 16.7. The monoisotopic (exact) mass is 366 g/mol. The SMILES string of the molecule is Cc1cc(NC(=O)Cn2cccc2-c2nc(-c3ccc(F)cc3)no2)n[nH]1. The summed E-state index contributed by atoms with van der Waals surface area (Å²) in [5.41, 5.74) is 2.09. The van der Waals surface area contributed by atoms with Gasteiger partial charge in [-0.3, -0.25) is 9.89 Å². The maximum absolute atomic E-state index is 13.1. The first-order valence-corrected chi connectivity index (χ1v) is 8.15. The van der Waals surface area contributed by atoms with Gasteiger partial charge in [0, 0.05) is 23.5 Å². The van der Waals surface area contributed by atoms with E-state index in [1.54, 1.807) is 41.1 Å². The average molecular weight is 366 g/mol. The number of nitrogens with zero attached hydrogens (tertiary/aromatic N) is 4. The van der Waals surface area contributed by atoms with Crippen LogP contribution < -0.4 is 5.32 Å². The van der Waals surface area contributed by atoms with E-state index in [2.05, 4.69) is 25.7 Å². The number of nitrogens with one attached hydrogen (secondary N) is 2. The third kappa shape index (κ3) is 3.61. The molecule has 0 radical (unpaired) electrons. The molecular formula is C18H15FN6O2. The molecule has 0 aliphatic rings. The van der Waals surface area contributed by atoms with Crippen molar-refractivity contribution < 1.29 is 13.7 Å². The molecule has 3 aromatic heterocycles. The summed E-state index contributed by atoms with van der Waals surface area (Å²) in [4.78, 5) is 16.6. The minimum absolute atomic E-state index is 0.0580. The maximum atomic E-state index is 13.1. The average Bonchev–Trinajstić information content (AvgIpc) is 3.37. The van der Waals surface area contributed by atoms with Crippen molar-refractivity contribution in [2.24, 2.45) is 0 Å². The third-order valence-corrected chi connectivity index (χ3v) is 3.86. The van der Waals surface area contributed by atoms with Crippen LogP contribution in [-0.2, 0) is 11.3 Å².